The fourth-order valence-electron chi connectivity index (χ4n) is 3.79. The van der Waals surface area contributed by atoms with Gasteiger partial charge in [-0.15, -0.1) is 0 Å². The molecule has 1 unspecified atom stereocenters. The van der Waals surface area contributed by atoms with Crippen molar-refractivity contribution in [1.82, 2.24) is 9.80 Å². The third-order valence-electron chi connectivity index (χ3n) is 5.29. The minimum absolute atomic E-state index is 0.0796. The fourth-order valence-corrected chi connectivity index (χ4v) is 3.99. The Hall–Kier alpha value is -2.51. The van der Waals surface area contributed by atoms with Crippen molar-refractivity contribution in [1.29, 1.82) is 0 Å². The molecule has 1 amide bonds. The fraction of sp³-hybridized carbons (Fsp3) is 0.364. The average molecular weight is 437 g/mol. The quantitative estimate of drug-likeness (QED) is 0.752. The first kappa shape index (κ1) is 22.2. The summed E-state index contributed by atoms with van der Waals surface area (Å²) in [5, 5.41) is 9.67. The molecule has 2 aromatic rings. The Bertz CT molecular complexity index is 954. The molecule has 30 heavy (non-hydrogen) atoms. The number of carboxylic acid groups (broad SMARTS) is 1. The van der Waals surface area contributed by atoms with Gasteiger partial charge in [0.1, 0.15) is 11.6 Å². The molecule has 0 aliphatic carbocycles. The number of amides is 1. The van der Waals surface area contributed by atoms with E-state index < -0.39 is 17.6 Å². The molecule has 1 fully saturated rings. The highest BCUT2D eigenvalue weighted by Crippen LogP contribution is 2.21. The van der Waals surface area contributed by atoms with E-state index in [0.29, 0.717) is 36.8 Å². The van der Waals surface area contributed by atoms with Crippen LogP contribution in [-0.4, -0.2) is 52.5 Å². The number of benzene rings is 2. The molecule has 1 heterocycles. The molecule has 0 radical (unpaired) electrons. The molecule has 0 spiro atoms. The topological polar surface area (TPSA) is 60.9 Å². The van der Waals surface area contributed by atoms with Crippen molar-refractivity contribution < 1.29 is 23.5 Å². The highest BCUT2D eigenvalue weighted by Gasteiger charge is 2.28. The smallest absolute Gasteiger partial charge is 0.307 e. The number of halogens is 3. The lowest BCUT2D eigenvalue weighted by atomic mass is 10.0. The first-order valence-electron chi connectivity index (χ1n) is 9.67. The number of hydrogen-bond acceptors (Lipinski definition) is 3. The van der Waals surface area contributed by atoms with Crippen LogP contribution in [0.5, 0.6) is 0 Å². The van der Waals surface area contributed by atoms with Crippen LogP contribution in [0.3, 0.4) is 0 Å². The van der Waals surface area contributed by atoms with Crippen LogP contribution >= 0.6 is 11.6 Å². The predicted molar refractivity (Wildman–Crippen MR) is 109 cm³/mol. The number of hydrogen-bond donors (Lipinski definition) is 1. The Kier molecular flexibility index (Phi) is 7.05. The minimum Gasteiger partial charge on any atom is -0.481 e. The Morgan fingerprint density at radius 3 is 2.47 bits per heavy atom. The molecule has 0 bridgehead atoms. The first-order valence-corrected chi connectivity index (χ1v) is 10.1. The summed E-state index contributed by atoms with van der Waals surface area (Å²) in [5.74, 6) is -2.51. The Balaban J connectivity index is 1.63. The molecule has 2 aromatic carbocycles. The zero-order valence-corrected chi connectivity index (χ0v) is 17.3. The summed E-state index contributed by atoms with van der Waals surface area (Å²) in [6.45, 7) is 4.11. The van der Waals surface area contributed by atoms with Gasteiger partial charge < -0.3 is 10.0 Å². The number of carboxylic acids is 1. The maximum Gasteiger partial charge on any atom is 0.307 e. The lowest BCUT2D eigenvalue weighted by Crippen LogP contribution is -2.54. The van der Waals surface area contributed by atoms with Crippen molar-refractivity contribution >= 4 is 23.5 Å². The number of nitrogens with zero attached hydrogens (tertiary/aromatic N) is 2. The van der Waals surface area contributed by atoms with Gasteiger partial charge in [0, 0.05) is 43.3 Å². The van der Waals surface area contributed by atoms with Crippen LogP contribution in [0.15, 0.2) is 36.4 Å². The molecule has 5 nitrogen and oxygen atoms in total. The van der Waals surface area contributed by atoms with Crippen LogP contribution in [-0.2, 0) is 29.0 Å². The van der Waals surface area contributed by atoms with Crippen molar-refractivity contribution in [3.8, 4) is 0 Å². The van der Waals surface area contributed by atoms with Gasteiger partial charge in [-0.25, -0.2) is 8.78 Å². The number of carbonyl (C=O) groups excluding carboxylic acids is 1. The Morgan fingerprint density at radius 1 is 1.07 bits per heavy atom. The Labute approximate surface area is 178 Å². The van der Waals surface area contributed by atoms with E-state index in [9.17, 15) is 18.4 Å². The maximum atomic E-state index is 13.9. The number of piperazine rings is 1. The second-order valence-corrected chi connectivity index (χ2v) is 8.00. The van der Waals surface area contributed by atoms with Gasteiger partial charge in [-0.1, -0.05) is 23.7 Å². The van der Waals surface area contributed by atoms with E-state index in [-0.39, 0.29) is 30.4 Å². The van der Waals surface area contributed by atoms with E-state index in [0.717, 1.165) is 17.7 Å². The van der Waals surface area contributed by atoms with Crippen LogP contribution in [0, 0.1) is 11.6 Å². The SMILES string of the molecule is CC1CN(Cc2cc(Cl)ccc2CC(=O)O)CCN1C(=O)Cc1ccc(F)cc1F. The summed E-state index contributed by atoms with van der Waals surface area (Å²) in [4.78, 5) is 27.6. The highest BCUT2D eigenvalue weighted by atomic mass is 35.5. The van der Waals surface area contributed by atoms with Gasteiger partial charge >= 0.3 is 5.97 Å². The van der Waals surface area contributed by atoms with E-state index in [1.54, 1.807) is 23.1 Å². The van der Waals surface area contributed by atoms with Crippen molar-refractivity contribution in [2.45, 2.75) is 32.4 Å². The van der Waals surface area contributed by atoms with E-state index in [4.69, 9.17) is 16.7 Å². The van der Waals surface area contributed by atoms with Gasteiger partial charge in [-0.3, -0.25) is 14.5 Å². The zero-order chi connectivity index (χ0) is 21.8. The summed E-state index contributed by atoms with van der Waals surface area (Å²) in [5.41, 5.74) is 1.74. The molecule has 0 saturated carbocycles. The zero-order valence-electron chi connectivity index (χ0n) is 16.6. The molecule has 1 atom stereocenters. The number of carbonyl (C=O) groups is 2. The van der Waals surface area contributed by atoms with Gasteiger partial charge in [0.15, 0.2) is 0 Å². The minimum atomic E-state index is -0.907. The molecule has 160 valence electrons. The summed E-state index contributed by atoms with van der Waals surface area (Å²) >= 11 is 6.09. The van der Waals surface area contributed by atoms with Crippen molar-refractivity contribution in [3.63, 3.8) is 0 Å². The molecule has 1 aliphatic heterocycles. The molecular weight excluding hydrogens is 414 g/mol. The molecular formula is C22H23ClF2N2O3. The number of aliphatic carboxylic acids is 1. The van der Waals surface area contributed by atoms with E-state index in [2.05, 4.69) is 4.90 Å². The van der Waals surface area contributed by atoms with Crippen LogP contribution in [0.25, 0.3) is 0 Å². The second-order valence-electron chi connectivity index (χ2n) is 7.57. The third-order valence-corrected chi connectivity index (χ3v) is 5.53. The van der Waals surface area contributed by atoms with Crippen LogP contribution in [0.4, 0.5) is 8.78 Å². The second kappa shape index (κ2) is 9.53. The van der Waals surface area contributed by atoms with Crippen molar-refractivity contribution in [2.24, 2.45) is 0 Å². The van der Waals surface area contributed by atoms with Crippen molar-refractivity contribution in [2.75, 3.05) is 19.6 Å². The maximum absolute atomic E-state index is 13.9. The van der Waals surface area contributed by atoms with Crippen LogP contribution in [0.2, 0.25) is 5.02 Å². The van der Waals surface area contributed by atoms with Crippen LogP contribution in [0.1, 0.15) is 23.6 Å². The standard InChI is InChI=1S/C22H23ClF2N2O3/c1-14-12-26(13-17-8-18(23)4-2-15(17)10-22(29)30)6-7-27(14)21(28)9-16-3-5-19(24)11-20(16)25/h2-5,8,11,14H,6-7,9-10,12-13H2,1H3,(H,29,30). The highest BCUT2D eigenvalue weighted by molar-refractivity contribution is 6.30. The van der Waals surface area contributed by atoms with Crippen molar-refractivity contribution in [3.05, 3.63) is 69.7 Å². The molecule has 1 aliphatic rings. The first-order chi connectivity index (χ1) is 14.2. The average Bonchev–Trinajstić information content (AvgIpc) is 2.66. The van der Waals surface area contributed by atoms with E-state index in [1.807, 2.05) is 6.92 Å². The van der Waals surface area contributed by atoms with Gasteiger partial charge in [0.2, 0.25) is 5.91 Å². The molecule has 3 rings (SSSR count). The molecule has 1 N–H and O–H groups in total. The summed E-state index contributed by atoms with van der Waals surface area (Å²) in [7, 11) is 0. The lowest BCUT2D eigenvalue weighted by Gasteiger charge is -2.40. The van der Waals surface area contributed by atoms with E-state index in [1.165, 1.54) is 6.07 Å². The van der Waals surface area contributed by atoms with Crippen LogP contribution < -0.4 is 0 Å². The van der Waals surface area contributed by atoms with Gasteiger partial charge in [-0.2, -0.15) is 0 Å². The van der Waals surface area contributed by atoms with Gasteiger partial charge in [-0.05, 0) is 41.8 Å². The number of rotatable bonds is 6. The van der Waals surface area contributed by atoms with Gasteiger partial charge in [0.25, 0.3) is 0 Å². The van der Waals surface area contributed by atoms with E-state index >= 15 is 0 Å². The third kappa shape index (κ3) is 5.55. The summed E-state index contributed by atoms with van der Waals surface area (Å²) < 4.78 is 26.9. The lowest BCUT2D eigenvalue weighted by molar-refractivity contribution is -0.136. The summed E-state index contributed by atoms with van der Waals surface area (Å²) in [6.07, 6.45) is -0.197. The molecule has 1 saturated heterocycles. The summed E-state index contributed by atoms with van der Waals surface area (Å²) in [6, 6.07) is 8.31. The Morgan fingerprint density at radius 2 is 1.80 bits per heavy atom. The monoisotopic (exact) mass is 436 g/mol. The normalized spacial score (nSPS) is 17.2. The largest absolute Gasteiger partial charge is 0.481 e. The molecule has 0 aromatic heterocycles. The van der Waals surface area contributed by atoms with Gasteiger partial charge in [0.05, 0.1) is 12.8 Å². The predicted octanol–water partition coefficient (Wildman–Crippen LogP) is 3.52. The molecule has 8 heteroatoms.